The summed E-state index contributed by atoms with van der Waals surface area (Å²) < 4.78 is 23.4. The third-order valence-electron chi connectivity index (χ3n) is 4.75. The van der Waals surface area contributed by atoms with Gasteiger partial charge in [0, 0.05) is 6.20 Å². The van der Waals surface area contributed by atoms with Crippen molar-refractivity contribution in [2.24, 2.45) is 0 Å². The minimum absolute atomic E-state index is 0.00369. The van der Waals surface area contributed by atoms with Crippen LogP contribution in [0.1, 0.15) is 39.4 Å². The molecule has 1 aliphatic heterocycles. The number of carbonyl (C=O) groups is 2. The van der Waals surface area contributed by atoms with E-state index >= 15 is 4.39 Å². The number of benzene rings is 1. The highest BCUT2D eigenvalue weighted by Gasteiger charge is 2.30. The second kappa shape index (κ2) is 6.16. The highest BCUT2D eigenvalue weighted by atomic mass is 35.5. The first kappa shape index (κ1) is 18.2. The number of rotatable bonds is 3. The summed E-state index contributed by atoms with van der Waals surface area (Å²) in [6, 6.07) is 0.641. The third kappa shape index (κ3) is 2.36. The summed E-state index contributed by atoms with van der Waals surface area (Å²) in [7, 11) is 0. The van der Waals surface area contributed by atoms with E-state index in [-0.39, 0.29) is 45.7 Å². The number of ether oxygens (including phenoxy) is 1. The molecular formula is C18H13ClFN3O5. The summed E-state index contributed by atoms with van der Waals surface area (Å²) in [4.78, 5) is 35.2. The molecule has 1 atom stereocenters. The summed E-state index contributed by atoms with van der Waals surface area (Å²) in [5.41, 5.74) is -0.792. The fraction of sp³-hybridized carbons (Fsp3) is 0.222. The number of aromatic nitrogens is 3. The van der Waals surface area contributed by atoms with Crippen LogP contribution >= 0.6 is 11.6 Å². The van der Waals surface area contributed by atoms with Gasteiger partial charge in [-0.05, 0) is 19.9 Å². The van der Waals surface area contributed by atoms with E-state index in [0.29, 0.717) is 12.0 Å². The van der Waals surface area contributed by atoms with Gasteiger partial charge in [-0.25, -0.2) is 13.9 Å². The lowest BCUT2D eigenvalue weighted by Gasteiger charge is -2.28. The molecule has 0 saturated carbocycles. The third-order valence-corrected chi connectivity index (χ3v) is 5.11. The van der Waals surface area contributed by atoms with Gasteiger partial charge in [-0.2, -0.15) is 5.10 Å². The van der Waals surface area contributed by atoms with Crippen molar-refractivity contribution in [3.63, 3.8) is 0 Å². The predicted molar refractivity (Wildman–Crippen MR) is 97.6 cm³/mol. The smallest absolute Gasteiger partial charge is 0.341 e. The van der Waals surface area contributed by atoms with Gasteiger partial charge < -0.3 is 14.4 Å². The van der Waals surface area contributed by atoms with Crippen LogP contribution in [-0.4, -0.2) is 38.3 Å². The Balaban J connectivity index is 2.17. The molecule has 0 fully saturated rings. The van der Waals surface area contributed by atoms with Gasteiger partial charge in [0.2, 0.25) is 5.43 Å². The first-order valence-electron chi connectivity index (χ1n) is 8.24. The lowest BCUT2D eigenvalue weighted by atomic mass is 10.1. The van der Waals surface area contributed by atoms with Crippen LogP contribution in [0.3, 0.4) is 0 Å². The van der Waals surface area contributed by atoms with Gasteiger partial charge >= 0.3 is 5.97 Å². The van der Waals surface area contributed by atoms with Crippen LogP contribution in [0.25, 0.3) is 16.6 Å². The van der Waals surface area contributed by atoms with Crippen molar-refractivity contribution in [3.05, 3.63) is 50.3 Å². The molecule has 2 aromatic heterocycles. The molecule has 28 heavy (non-hydrogen) atoms. The SMILES string of the molecule is Cc1nn(-c2c(F)cc3c(=O)c(C(=O)O)cn4c3c2OC[C@@H]4C)c(Cl)c1C=O. The summed E-state index contributed by atoms with van der Waals surface area (Å²) >= 11 is 6.20. The average Bonchev–Trinajstić information content (AvgIpc) is 2.92. The van der Waals surface area contributed by atoms with E-state index < -0.39 is 22.8 Å². The van der Waals surface area contributed by atoms with Crippen molar-refractivity contribution in [1.29, 1.82) is 0 Å². The van der Waals surface area contributed by atoms with Crippen molar-refractivity contribution in [3.8, 4) is 11.4 Å². The molecule has 0 radical (unpaired) electrons. The standard InChI is InChI=1S/C18H13ClFN3O5/c1-7-6-28-16-13-9(15(25)10(18(26)27)4-22(7)13)3-12(20)14(16)23-17(19)11(5-24)8(2)21-23/h3-5,7H,6H2,1-2H3,(H,26,27)/t7-/m0/s1. The number of hydrogen-bond donors (Lipinski definition) is 1. The molecule has 1 aliphatic rings. The normalized spacial score (nSPS) is 15.5. The largest absolute Gasteiger partial charge is 0.487 e. The van der Waals surface area contributed by atoms with Gasteiger partial charge in [-0.3, -0.25) is 9.59 Å². The fourth-order valence-electron chi connectivity index (χ4n) is 3.35. The van der Waals surface area contributed by atoms with Gasteiger partial charge in [-0.1, -0.05) is 11.6 Å². The maximum Gasteiger partial charge on any atom is 0.341 e. The number of aromatic carboxylic acids is 1. The Morgan fingerprint density at radius 3 is 2.82 bits per heavy atom. The van der Waals surface area contributed by atoms with Crippen molar-refractivity contribution in [2.45, 2.75) is 19.9 Å². The van der Waals surface area contributed by atoms with E-state index in [1.54, 1.807) is 18.4 Å². The van der Waals surface area contributed by atoms with Gasteiger partial charge in [-0.15, -0.1) is 0 Å². The number of nitrogens with zero attached hydrogens (tertiary/aromatic N) is 3. The zero-order valence-corrected chi connectivity index (χ0v) is 15.5. The molecule has 0 spiro atoms. The Bertz CT molecular complexity index is 1250. The number of carbonyl (C=O) groups excluding carboxylic acids is 1. The summed E-state index contributed by atoms with van der Waals surface area (Å²) in [6.07, 6.45) is 1.74. The van der Waals surface area contributed by atoms with Crippen LogP contribution in [0, 0.1) is 12.7 Å². The van der Waals surface area contributed by atoms with E-state index in [4.69, 9.17) is 16.3 Å². The van der Waals surface area contributed by atoms with Crippen LogP contribution in [0.4, 0.5) is 4.39 Å². The molecule has 0 aliphatic carbocycles. The fourth-order valence-corrected chi connectivity index (χ4v) is 3.66. The van der Waals surface area contributed by atoms with E-state index in [2.05, 4.69) is 5.10 Å². The van der Waals surface area contributed by atoms with Crippen LogP contribution in [0.15, 0.2) is 17.1 Å². The van der Waals surface area contributed by atoms with Crippen LogP contribution in [0.5, 0.6) is 5.75 Å². The minimum Gasteiger partial charge on any atom is -0.487 e. The Morgan fingerprint density at radius 2 is 2.21 bits per heavy atom. The molecule has 10 heteroatoms. The lowest BCUT2D eigenvalue weighted by Crippen LogP contribution is -2.27. The van der Waals surface area contributed by atoms with Gasteiger partial charge in [0.05, 0.1) is 28.2 Å². The lowest BCUT2D eigenvalue weighted by molar-refractivity contribution is 0.0694. The van der Waals surface area contributed by atoms with Gasteiger partial charge in [0.1, 0.15) is 23.0 Å². The number of aldehydes is 1. The molecule has 0 bridgehead atoms. The molecule has 4 rings (SSSR count). The summed E-state index contributed by atoms with van der Waals surface area (Å²) in [6.45, 7) is 3.44. The van der Waals surface area contributed by atoms with Crippen molar-refractivity contribution < 1.29 is 23.8 Å². The molecule has 144 valence electrons. The summed E-state index contributed by atoms with van der Waals surface area (Å²) in [5.74, 6) is -2.28. The highest BCUT2D eigenvalue weighted by molar-refractivity contribution is 6.32. The Morgan fingerprint density at radius 1 is 1.50 bits per heavy atom. The monoisotopic (exact) mass is 405 g/mol. The molecule has 0 saturated heterocycles. The van der Waals surface area contributed by atoms with Crippen molar-refractivity contribution >= 4 is 34.8 Å². The number of carboxylic acid groups (broad SMARTS) is 1. The number of pyridine rings is 1. The Kier molecular flexibility index (Phi) is 4.00. The number of halogens is 2. The van der Waals surface area contributed by atoms with E-state index in [9.17, 15) is 19.5 Å². The first-order chi connectivity index (χ1) is 13.3. The quantitative estimate of drug-likeness (QED) is 0.672. The zero-order chi connectivity index (χ0) is 20.3. The van der Waals surface area contributed by atoms with Crippen molar-refractivity contribution in [1.82, 2.24) is 14.3 Å². The highest BCUT2D eigenvalue weighted by Crippen LogP contribution is 2.40. The van der Waals surface area contributed by atoms with Crippen molar-refractivity contribution in [2.75, 3.05) is 6.61 Å². The number of carboxylic acids is 1. The first-order valence-corrected chi connectivity index (χ1v) is 8.62. The van der Waals surface area contributed by atoms with Crippen LogP contribution in [-0.2, 0) is 0 Å². The predicted octanol–water partition coefficient (Wildman–Crippen LogP) is 2.75. The van der Waals surface area contributed by atoms with Gasteiger partial charge in [0.25, 0.3) is 0 Å². The number of aryl methyl sites for hydroxylation is 1. The minimum atomic E-state index is -1.40. The molecule has 0 amide bonds. The second-order valence-corrected chi connectivity index (χ2v) is 6.85. The Hall–Kier alpha value is -3.20. The van der Waals surface area contributed by atoms with Crippen LogP contribution < -0.4 is 10.2 Å². The molecule has 1 N–H and O–H groups in total. The maximum atomic E-state index is 15.1. The molecular weight excluding hydrogens is 393 g/mol. The van der Waals surface area contributed by atoms with E-state index in [1.807, 2.05) is 0 Å². The Labute approximate surface area is 161 Å². The van der Waals surface area contributed by atoms with Gasteiger partial charge in [0.15, 0.2) is 17.9 Å². The molecule has 1 aromatic carbocycles. The second-order valence-electron chi connectivity index (χ2n) is 6.50. The van der Waals surface area contributed by atoms with E-state index in [0.717, 1.165) is 10.7 Å². The number of hydrogen-bond acceptors (Lipinski definition) is 5. The van der Waals surface area contributed by atoms with Crippen LogP contribution in [0.2, 0.25) is 5.15 Å². The average molecular weight is 406 g/mol. The topological polar surface area (TPSA) is 103 Å². The zero-order valence-electron chi connectivity index (χ0n) is 14.7. The molecule has 3 heterocycles. The maximum absolute atomic E-state index is 15.1. The van der Waals surface area contributed by atoms with E-state index in [1.165, 1.54) is 6.20 Å². The molecule has 8 nitrogen and oxygen atoms in total. The molecule has 0 unspecified atom stereocenters. The molecule has 3 aromatic rings. The summed E-state index contributed by atoms with van der Waals surface area (Å²) in [5, 5.41) is 13.2.